The zero-order valence-electron chi connectivity index (χ0n) is 9.24. The Morgan fingerprint density at radius 2 is 2.35 bits per heavy atom. The van der Waals surface area contributed by atoms with Gasteiger partial charge in [0, 0.05) is 18.1 Å². The number of nitrogens with one attached hydrogen (secondary N) is 2. The van der Waals surface area contributed by atoms with E-state index in [1.807, 2.05) is 19.1 Å². The smallest absolute Gasteiger partial charge is 0.128 e. The van der Waals surface area contributed by atoms with E-state index in [-0.39, 0.29) is 6.04 Å². The van der Waals surface area contributed by atoms with Gasteiger partial charge >= 0.3 is 0 Å². The molecule has 1 aromatic heterocycles. The molecule has 1 unspecified atom stereocenters. The summed E-state index contributed by atoms with van der Waals surface area (Å²) in [5.74, 6) is 0.852. The Balaban J connectivity index is 2.15. The first-order valence-corrected chi connectivity index (χ1v) is 5.54. The summed E-state index contributed by atoms with van der Waals surface area (Å²) in [7, 11) is 0. The van der Waals surface area contributed by atoms with E-state index < -0.39 is 0 Å². The summed E-state index contributed by atoms with van der Waals surface area (Å²) >= 11 is 5.95. The molecule has 1 atom stereocenters. The van der Waals surface area contributed by atoms with E-state index in [9.17, 15) is 0 Å². The number of nitriles is 1. The van der Waals surface area contributed by atoms with Gasteiger partial charge in [0.15, 0.2) is 0 Å². The van der Waals surface area contributed by atoms with Gasteiger partial charge in [-0.3, -0.25) is 0 Å². The summed E-state index contributed by atoms with van der Waals surface area (Å²) in [6, 6.07) is 7.33. The highest BCUT2D eigenvalue weighted by Gasteiger charge is 2.08. The maximum absolute atomic E-state index is 8.77. The Kier molecular flexibility index (Phi) is 3.31. The van der Waals surface area contributed by atoms with E-state index in [1.54, 1.807) is 24.5 Å². The average molecular weight is 247 g/mol. The van der Waals surface area contributed by atoms with E-state index in [0.717, 1.165) is 11.5 Å². The Labute approximate surface area is 104 Å². The summed E-state index contributed by atoms with van der Waals surface area (Å²) in [6.45, 7) is 1.99. The molecule has 0 aliphatic rings. The van der Waals surface area contributed by atoms with Crippen molar-refractivity contribution in [3.05, 3.63) is 47.0 Å². The monoisotopic (exact) mass is 246 g/mol. The molecule has 0 aliphatic heterocycles. The Morgan fingerprint density at radius 1 is 1.53 bits per heavy atom. The first-order chi connectivity index (χ1) is 8.20. The largest absolute Gasteiger partial charge is 0.375 e. The van der Waals surface area contributed by atoms with Gasteiger partial charge in [0.25, 0.3) is 0 Å². The van der Waals surface area contributed by atoms with Crippen LogP contribution in [0.3, 0.4) is 0 Å². The topological polar surface area (TPSA) is 64.5 Å². The van der Waals surface area contributed by atoms with Crippen LogP contribution in [0.25, 0.3) is 0 Å². The Bertz CT molecular complexity index is 542. The Morgan fingerprint density at radius 3 is 2.94 bits per heavy atom. The van der Waals surface area contributed by atoms with E-state index in [1.165, 1.54) is 0 Å². The second kappa shape index (κ2) is 4.89. The second-order valence-corrected chi connectivity index (χ2v) is 4.05. The second-order valence-electron chi connectivity index (χ2n) is 3.65. The number of imidazole rings is 1. The van der Waals surface area contributed by atoms with Gasteiger partial charge in [-0.1, -0.05) is 11.6 Å². The molecule has 86 valence electrons. The molecule has 0 fully saturated rings. The van der Waals surface area contributed by atoms with E-state index >= 15 is 0 Å². The van der Waals surface area contributed by atoms with Gasteiger partial charge in [0.2, 0.25) is 0 Å². The molecule has 2 N–H and O–H groups in total. The molecule has 2 rings (SSSR count). The van der Waals surface area contributed by atoms with Crippen LogP contribution >= 0.6 is 11.6 Å². The van der Waals surface area contributed by atoms with Gasteiger partial charge < -0.3 is 10.3 Å². The van der Waals surface area contributed by atoms with Crippen molar-refractivity contribution >= 4 is 17.3 Å². The molecule has 1 heterocycles. The van der Waals surface area contributed by atoms with Gasteiger partial charge in [-0.05, 0) is 25.1 Å². The molecule has 17 heavy (non-hydrogen) atoms. The highest BCUT2D eigenvalue weighted by molar-refractivity contribution is 6.32. The lowest BCUT2D eigenvalue weighted by atomic mass is 10.2. The van der Waals surface area contributed by atoms with Crippen molar-refractivity contribution in [2.45, 2.75) is 13.0 Å². The lowest BCUT2D eigenvalue weighted by Crippen LogP contribution is -2.08. The number of anilines is 1. The number of rotatable bonds is 3. The van der Waals surface area contributed by atoms with Crippen molar-refractivity contribution in [1.82, 2.24) is 9.97 Å². The lowest BCUT2D eigenvalue weighted by molar-refractivity contribution is 0.810. The number of aromatic amines is 1. The van der Waals surface area contributed by atoms with Crippen LogP contribution in [0.15, 0.2) is 30.6 Å². The quantitative estimate of drug-likeness (QED) is 0.875. The normalized spacial score (nSPS) is 11.8. The number of nitrogens with zero attached hydrogens (tertiary/aromatic N) is 2. The van der Waals surface area contributed by atoms with Crippen LogP contribution < -0.4 is 5.32 Å². The highest BCUT2D eigenvalue weighted by atomic mass is 35.5. The van der Waals surface area contributed by atoms with Crippen LogP contribution in [-0.2, 0) is 0 Å². The fourth-order valence-electron chi connectivity index (χ4n) is 1.53. The van der Waals surface area contributed by atoms with Crippen LogP contribution in [0.5, 0.6) is 0 Å². The van der Waals surface area contributed by atoms with Crippen molar-refractivity contribution in [2.24, 2.45) is 0 Å². The van der Waals surface area contributed by atoms with Gasteiger partial charge in [-0.15, -0.1) is 0 Å². The molecule has 0 spiro atoms. The van der Waals surface area contributed by atoms with Crippen molar-refractivity contribution in [3.8, 4) is 6.07 Å². The molecule has 2 aromatic rings. The zero-order chi connectivity index (χ0) is 12.3. The molecule has 0 bridgehead atoms. The van der Waals surface area contributed by atoms with E-state index in [0.29, 0.717) is 10.6 Å². The fraction of sp³-hybridized carbons (Fsp3) is 0.167. The predicted octanol–water partition coefficient (Wildman–Crippen LogP) is 3.11. The van der Waals surface area contributed by atoms with Crippen LogP contribution in [0.1, 0.15) is 24.4 Å². The zero-order valence-corrected chi connectivity index (χ0v) is 9.99. The van der Waals surface area contributed by atoms with Crippen LogP contribution in [0.4, 0.5) is 5.69 Å². The number of hydrogen-bond acceptors (Lipinski definition) is 3. The van der Waals surface area contributed by atoms with Crippen molar-refractivity contribution in [2.75, 3.05) is 5.32 Å². The van der Waals surface area contributed by atoms with Gasteiger partial charge in [-0.25, -0.2) is 4.98 Å². The molecular weight excluding hydrogens is 236 g/mol. The number of hydrogen-bond donors (Lipinski definition) is 2. The summed E-state index contributed by atoms with van der Waals surface area (Å²) in [4.78, 5) is 7.20. The van der Waals surface area contributed by atoms with Crippen LogP contribution in [-0.4, -0.2) is 9.97 Å². The van der Waals surface area contributed by atoms with E-state index in [4.69, 9.17) is 16.9 Å². The molecule has 0 radical (unpaired) electrons. The number of halogens is 1. The predicted molar refractivity (Wildman–Crippen MR) is 66.8 cm³/mol. The summed E-state index contributed by atoms with van der Waals surface area (Å²) < 4.78 is 0. The lowest BCUT2D eigenvalue weighted by Gasteiger charge is -2.13. The first-order valence-electron chi connectivity index (χ1n) is 5.16. The highest BCUT2D eigenvalue weighted by Crippen LogP contribution is 2.23. The summed E-state index contributed by atoms with van der Waals surface area (Å²) in [5.41, 5.74) is 1.33. The minimum Gasteiger partial charge on any atom is -0.375 e. The van der Waals surface area contributed by atoms with Crippen LogP contribution in [0, 0.1) is 11.3 Å². The molecule has 1 aromatic carbocycles. The third kappa shape index (κ3) is 2.58. The number of aromatic nitrogens is 2. The SMILES string of the molecule is CC(Nc1ccc(C#N)c(Cl)c1)c1ncc[nH]1. The fourth-order valence-corrected chi connectivity index (χ4v) is 1.75. The molecule has 5 heteroatoms. The molecular formula is C12H11ClN4. The van der Waals surface area contributed by atoms with E-state index in [2.05, 4.69) is 15.3 Å². The van der Waals surface area contributed by atoms with Crippen molar-refractivity contribution in [1.29, 1.82) is 5.26 Å². The van der Waals surface area contributed by atoms with Crippen molar-refractivity contribution in [3.63, 3.8) is 0 Å². The third-order valence-corrected chi connectivity index (χ3v) is 2.71. The average Bonchev–Trinajstić information content (AvgIpc) is 2.82. The molecule has 0 aliphatic carbocycles. The molecule has 0 saturated carbocycles. The summed E-state index contributed by atoms with van der Waals surface area (Å²) in [5, 5.41) is 12.5. The van der Waals surface area contributed by atoms with Gasteiger partial charge in [0.1, 0.15) is 11.9 Å². The number of H-pyrrole nitrogens is 1. The number of benzene rings is 1. The Hall–Kier alpha value is -1.99. The first kappa shape index (κ1) is 11.5. The van der Waals surface area contributed by atoms with Gasteiger partial charge in [-0.2, -0.15) is 5.26 Å². The van der Waals surface area contributed by atoms with Crippen molar-refractivity contribution < 1.29 is 0 Å². The third-order valence-electron chi connectivity index (χ3n) is 2.40. The maximum Gasteiger partial charge on any atom is 0.128 e. The van der Waals surface area contributed by atoms with Crippen LogP contribution in [0.2, 0.25) is 5.02 Å². The van der Waals surface area contributed by atoms with Gasteiger partial charge in [0.05, 0.1) is 16.6 Å². The molecule has 0 saturated heterocycles. The maximum atomic E-state index is 8.77. The molecule has 4 nitrogen and oxygen atoms in total. The minimum atomic E-state index is 0.0500. The molecule has 0 amide bonds. The standard InChI is InChI=1S/C12H11ClN4/c1-8(12-15-4-5-16-12)17-10-3-2-9(7-14)11(13)6-10/h2-6,8,17H,1H3,(H,15,16). The minimum absolute atomic E-state index is 0.0500. The summed E-state index contributed by atoms with van der Waals surface area (Å²) in [6.07, 6.45) is 3.48.